The third-order valence-corrected chi connectivity index (χ3v) is 3.34. The van der Waals surface area contributed by atoms with Crippen molar-refractivity contribution in [3.8, 4) is 11.3 Å². The molecule has 0 saturated carbocycles. The van der Waals surface area contributed by atoms with Crippen LogP contribution in [-0.2, 0) is 12.5 Å². The molecule has 0 radical (unpaired) electrons. The van der Waals surface area contributed by atoms with Crippen LogP contribution >= 0.6 is 0 Å². The Morgan fingerprint density at radius 2 is 1.89 bits per heavy atom. The van der Waals surface area contributed by atoms with Crippen LogP contribution in [0.5, 0.6) is 0 Å². The molecule has 2 rings (SSSR count). The molecule has 94 valence electrons. The zero-order valence-corrected chi connectivity index (χ0v) is 11.9. The molecule has 1 aromatic heterocycles. The monoisotopic (exact) mass is 241 g/mol. The number of pyridine rings is 1. The maximum Gasteiger partial charge on any atom is 0.212 e. The van der Waals surface area contributed by atoms with E-state index >= 15 is 0 Å². The first-order valence-electron chi connectivity index (χ1n) is 6.87. The molecular weight excluding hydrogens is 218 g/mol. The summed E-state index contributed by atoms with van der Waals surface area (Å²) in [4.78, 5) is 0. The van der Waals surface area contributed by atoms with E-state index in [-0.39, 0.29) is 5.41 Å². The van der Waals surface area contributed by atoms with Gasteiger partial charge < -0.3 is 0 Å². The minimum atomic E-state index is 0.119. The van der Waals surface area contributed by atoms with Crippen LogP contribution in [0.2, 0.25) is 0 Å². The highest BCUT2D eigenvalue weighted by Crippen LogP contribution is 2.26. The average Bonchev–Trinajstić information content (AvgIpc) is 2.29. The van der Waals surface area contributed by atoms with Gasteiger partial charge >= 0.3 is 0 Å². The first kappa shape index (κ1) is 11.5. The second-order valence-corrected chi connectivity index (χ2v) is 5.89. The molecule has 0 aliphatic carbocycles. The first-order chi connectivity index (χ1) is 8.80. The highest BCUT2D eigenvalue weighted by molar-refractivity contribution is 5.61. The van der Waals surface area contributed by atoms with Gasteiger partial charge in [-0.05, 0) is 29.5 Å². The van der Waals surface area contributed by atoms with E-state index in [9.17, 15) is 0 Å². The molecule has 0 N–H and O–H groups in total. The normalized spacial score (nSPS) is 12.4. The fourth-order valence-electron chi connectivity index (χ4n) is 2.08. The maximum atomic E-state index is 8.16. The van der Waals surface area contributed by atoms with Crippen LogP contribution < -0.4 is 4.57 Å². The second-order valence-electron chi connectivity index (χ2n) is 5.89. The van der Waals surface area contributed by atoms with Gasteiger partial charge in [-0.2, -0.15) is 0 Å². The Balaban J connectivity index is 2.69. The molecule has 0 spiro atoms. The Morgan fingerprint density at radius 3 is 2.50 bits per heavy atom. The molecule has 1 aromatic carbocycles. The first-order valence-corrected chi connectivity index (χ1v) is 6.37. The zero-order valence-electron chi connectivity index (χ0n) is 12.9. The van der Waals surface area contributed by atoms with Crippen molar-refractivity contribution in [1.29, 1.82) is 0 Å². The van der Waals surface area contributed by atoms with Crippen molar-refractivity contribution < 1.29 is 5.94 Å². The lowest BCUT2D eigenvalue weighted by Crippen LogP contribution is -2.31. The Hall–Kier alpha value is -1.63. The molecule has 2 aromatic rings. The number of hydrogen-bond acceptors (Lipinski definition) is 0. The Bertz CT molecular complexity index is 589. The number of aromatic nitrogens is 1. The van der Waals surface area contributed by atoms with Crippen molar-refractivity contribution >= 4 is 0 Å². The van der Waals surface area contributed by atoms with E-state index in [0.29, 0.717) is 6.04 Å². The third kappa shape index (κ3) is 2.45. The lowest BCUT2D eigenvalue weighted by atomic mass is 9.86. The summed E-state index contributed by atoms with van der Waals surface area (Å²) < 4.78 is 10.3. The van der Waals surface area contributed by atoms with E-state index in [4.69, 9.17) is 1.37 Å². The number of hydrogen-bond donors (Lipinski definition) is 0. The Morgan fingerprint density at radius 1 is 1.17 bits per heavy atom. The van der Waals surface area contributed by atoms with E-state index in [1.807, 2.05) is 19.2 Å². The van der Waals surface area contributed by atoms with Gasteiger partial charge in [-0.25, -0.2) is 4.57 Å². The summed E-state index contributed by atoms with van der Waals surface area (Å²) in [7, 11) is 2.04. The predicted octanol–water partition coefficient (Wildman–Crippen LogP) is 3.78. The van der Waals surface area contributed by atoms with Crippen molar-refractivity contribution in [1.82, 2.24) is 0 Å². The fourth-order valence-corrected chi connectivity index (χ4v) is 2.08. The molecule has 0 amide bonds. The van der Waals surface area contributed by atoms with Gasteiger partial charge in [-0.15, -0.1) is 0 Å². The molecule has 0 aliphatic rings. The van der Waals surface area contributed by atoms with Gasteiger partial charge in [0.05, 0.1) is 1.37 Å². The van der Waals surface area contributed by atoms with E-state index in [0.717, 1.165) is 16.8 Å². The summed E-state index contributed by atoms with van der Waals surface area (Å²) in [6, 6.07) is 10.8. The summed E-state index contributed by atoms with van der Waals surface area (Å²) in [6.45, 7) is 8.71. The Kier molecular flexibility index (Phi) is 2.91. The van der Waals surface area contributed by atoms with Gasteiger partial charge in [0, 0.05) is 17.7 Å². The average molecular weight is 241 g/mol. The molecule has 1 heterocycles. The van der Waals surface area contributed by atoms with Crippen molar-refractivity contribution in [3.63, 3.8) is 0 Å². The summed E-state index contributed by atoms with van der Waals surface area (Å²) in [5.41, 5.74) is 4.69. The highest BCUT2D eigenvalue weighted by atomic mass is 14.9. The fraction of sp³-hybridized carbons (Fsp3) is 0.353. The van der Waals surface area contributed by atoms with Crippen molar-refractivity contribution in [3.05, 3.63) is 53.7 Å². The van der Waals surface area contributed by atoms with Crippen molar-refractivity contribution in [2.75, 3.05) is 0 Å². The lowest BCUT2D eigenvalue weighted by Gasteiger charge is -2.19. The summed E-state index contributed by atoms with van der Waals surface area (Å²) >= 11 is 0. The van der Waals surface area contributed by atoms with E-state index < -0.39 is 0 Å². The molecular formula is C17H22N+. The van der Waals surface area contributed by atoms with Crippen molar-refractivity contribution in [2.45, 2.75) is 33.1 Å². The largest absolute Gasteiger partial charge is 0.212 e. The van der Waals surface area contributed by atoms with E-state index in [2.05, 4.69) is 56.7 Å². The molecule has 0 unspecified atom stereocenters. The van der Waals surface area contributed by atoms with Gasteiger partial charge in [-0.3, -0.25) is 0 Å². The van der Waals surface area contributed by atoms with Crippen LogP contribution in [0.15, 0.2) is 42.6 Å². The SMILES string of the molecule is [2H]c1cccc(C)c1-c1cc(C(C)(C)C)cc[n+]1C. The van der Waals surface area contributed by atoms with Crippen molar-refractivity contribution in [2.24, 2.45) is 7.05 Å². The van der Waals surface area contributed by atoms with Crippen LogP contribution in [0.1, 0.15) is 33.3 Å². The van der Waals surface area contributed by atoms with Gasteiger partial charge in [0.15, 0.2) is 6.20 Å². The summed E-state index contributed by atoms with van der Waals surface area (Å²) in [5.74, 6) is 0. The highest BCUT2D eigenvalue weighted by Gasteiger charge is 2.19. The molecule has 0 atom stereocenters. The van der Waals surface area contributed by atoms with Crippen LogP contribution in [0, 0.1) is 6.92 Å². The molecule has 0 bridgehead atoms. The lowest BCUT2D eigenvalue weighted by molar-refractivity contribution is -0.660. The van der Waals surface area contributed by atoms with Gasteiger partial charge in [0.1, 0.15) is 7.05 Å². The van der Waals surface area contributed by atoms with Crippen LogP contribution in [0.3, 0.4) is 0 Å². The third-order valence-electron chi connectivity index (χ3n) is 3.34. The summed E-state index contributed by atoms with van der Waals surface area (Å²) in [5, 5.41) is 0. The molecule has 1 heteroatoms. The number of nitrogens with zero attached hydrogens (tertiary/aromatic N) is 1. The van der Waals surface area contributed by atoms with Crippen LogP contribution in [0.25, 0.3) is 11.3 Å². The molecule has 0 fully saturated rings. The Labute approximate surface area is 112 Å². The minimum absolute atomic E-state index is 0.119. The summed E-state index contributed by atoms with van der Waals surface area (Å²) in [6.07, 6.45) is 2.09. The van der Waals surface area contributed by atoms with Gasteiger partial charge in [0.25, 0.3) is 0 Å². The number of benzene rings is 1. The number of aryl methyl sites for hydroxylation is 2. The van der Waals surface area contributed by atoms with Crippen LogP contribution in [0.4, 0.5) is 0 Å². The molecule has 0 aliphatic heterocycles. The van der Waals surface area contributed by atoms with Gasteiger partial charge in [-0.1, -0.05) is 39.0 Å². The second kappa shape index (κ2) is 4.56. The molecule has 18 heavy (non-hydrogen) atoms. The topological polar surface area (TPSA) is 3.88 Å². The molecule has 0 saturated heterocycles. The van der Waals surface area contributed by atoms with Crippen LogP contribution in [-0.4, -0.2) is 0 Å². The zero-order chi connectivity index (χ0) is 14.2. The number of rotatable bonds is 1. The van der Waals surface area contributed by atoms with E-state index in [1.54, 1.807) is 0 Å². The molecule has 1 nitrogen and oxygen atoms in total. The smallest absolute Gasteiger partial charge is 0.201 e. The predicted molar refractivity (Wildman–Crippen MR) is 76.5 cm³/mol. The minimum Gasteiger partial charge on any atom is -0.201 e. The van der Waals surface area contributed by atoms with E-state index in [1.165, 1.54) is 5.56 Å². The van der Waals surface area contributed by atoms with Gasteiger partial charge in [0.2, 0.25) is 5.69 Å². The standard InChI is InChI=1S/C17H22N/c1-13-8-6-7-9-15(13)16-12-14(17(2,3)4)10-11-18(16)5/h6-12H,1-5H3/q+1/i9D. The quantitative estimate of drug-likeness (QED) is 0.669. The maximum absolute atomic E-state index is 8.16.